The second kappa shape index (κ2) is 6.19. The zero-order chi connectivity index (χ0) is 14.7. The third-order valence-corrected chi connectivity index (χ3v) is 3.58. The van der Waals surface area contributed by atoms with Crippen LogP contribution in [0.3, 0.4) is 0 Å². The minimum absolute atomic E-state index is 0.0212. The van der Waals surface area contributed by atoms with E-state index in [0.717, 1.165) is 5.56 Å². The number of anilines is 1. The molecule has 2 aromatic rings. The molecule has 0 aliphatic carbocycles. The molecule has 2 rings (SSSR count). The van der Waals surface area contributed by atoms with Gasteiger partial charge in [0.25, 0.3) is 5.69 Å². The Labute approximate surface area is 127 Å². The van der Waals surface area contributed by atoms with E-state index in [2.05, 4.69) is 21.2 Å². The summed E-state index contributed by atoms with van der Waals surface area (Å²) < 4.78 is 13.4. The Hall–Kier alpha value is -1.66. The quantitative estimate of drug-likeness (QED) is 0.632. The highest BCUT2D eigenvalue weighted by Gasteiger charge is 2.12. The molecule has 7 heteroatoms. The Kier molecular flexibility index (Phi) is 4.57. The fourth-order valence-electron chi connectivity index (χ4n) is 1.62. The standard InChI is InChI=1S/C13H9BrClFN2O2/c14-10-3-2-9(6-13(10)18(19)20)17-7-8-1-4-12(16)11(15)5-8/h1-6,17H,7H2. The summed E-state index contributed by atoms with van der Waals surface area (Å²) in [4.78, 5) is 10.4. The van der Waals surface area contributed by atoms with E-state index in [-0.39, 0.29) is 10.7 Å². The fourth-order valence-corrected chi connectivity index (χ4v) is 2.21. The highest BCUT2D eigenvalue weighted by molar-refractivity contribution is 9.10. The van der Waals surface area contributed by atoms with Gasteiger partial charge in [-0.3, -0.25) is 10.1 Å². The zero-order valence-electron chi connectivity index (χ0n) is 10.1. The molecule has 0 bridgehead atoms. The molecule has 0 saturated heterocycles. The lowest BCUT2D eigenvalue weighted by molar-refractivity contribution is -0.385. The van der Waals surface area contributed by atoms with Crippen molar-refractivity contribution in [3.05, 3.63) is 67.4 Å². The molecule has 0 heterocycles. The van der Waals surface area contributed by atoms with E-state index < -0.39 is 10.7 Å². The molecule has 0 fully saturated rings. The van der Waals surface area contributed by atoms with Crippen LogP contribution in [0.4, 0.5) is 15.8 Å². The molecule has 0 unspecified atom stereocenters. The maximum atomic E-state index is 13.0. The van der Waals surface area contributed by atoms with Gasteiger partial charge in [-0.05, 0) is 45.8 Å². The van der Waals surface area contributed by atoms with Gasteiger partial charge in [0, 0.05) is 18.3 Å². The van der Waals surface area contributed by atoms with Gasteiger partial charge < -0.3 is 5.32 Å². The summed E-state index contributed by atoms with van der Waals surface area (Å²) in [5.74, 6) is -0.477. The van der Waals surface area contributed by atoms with Crippen molar-refractivity contribution in [1.82, 2.24) is 0 Å². The molecule has 20 heavy (non-hydrogen) atoms. The van der Waals surface area contributed by atoms with E-state index in [0.29, 0.717) is 16.7 Å². The third kappa shape index (κ3) is 3.46. The van der Waals surface area contributed by atoms with Gasteiger partial charge in [0.05, 0.1) is 14.4 Å². The summed E-state index contributed by atoms with van der Waals surface area (Å²) in [6.45, 7) is 0.388. The average molecular weight is 360 g/mol. The lowest BCUT2D eigenvalue weighted by Crippen LogP contribution is -2.00. The van der Waals surface area contributed by atoms with Crippen LogP contribution in [0.2, 0.25) is 5.02 Å². The minimum Gasteiger partial charge on any atom is -0.381 e. The smallest absolute Gasteiger partial charge is 0.285 e. The van der Waals surface area contributed by atoms with Crippen molar-refractivity contribution < 1.29 is 9.31 Å². The van der Waals surface area contributed by atoms with Gasteiger partial charge in [-0.15, -0.1) is 0 Å². The molecule has 104 valence electrons. The van der Waals surface area contributed by atoms with Crippen LogP contribution in [0.15, 0.2) is 40.9 Å². The number of hydrogen-bond donors (Lipinski definition) is 1. The summed E-state index contributed by atoms with van der Waals surface area (Å²) in [5, 5.41) is 13.9. The molecule has 2 aromatic carbocycles. The van der Waals surface area contributed by atoms with Crippen LogP contribution >= 0.6 is 27.5 Å². The Balaban J connectivity index is 2.12. The van der Waals surface area contributed by atoms with Crippen LogP contribution in [0.5, 0.6) is 0 Å². The first-order chi connectivity index (χ1) is 9.47. The fraction of sp³-hybridized carbons (Fsp3) is 0.0769. The predicted octanol–water partition coefficient (Wildman–Crippen LogP) is 4.76. The summed E-state index contributed by atoms with van der Waals surface area (Å²) in [7, 11) is 0. The molecular formula is C13H9BrClFN2O2. The van der Waals surface area contributed by atoms with Crippen LogP contribution in [-0.2, 0) is 6.54 Å². The number of nitrogens with zero attached hydrogens (tertiary/aromatic N) is 1. The van der Waals surface area contributed by atoms with Crippen LogP contribution in [0, 0.1) is 15.9 Å². The molecule has 0 radical (unpaired) electrons. The number of rotatable bonds is 4. The summed E-state index contributed by atoms with van der Waals surface area (Å²) in [6, 6.07) is 9.12. The molecular weight excluding hydrogens is 351 g/mol. The summed E-state index contributed by atoms with van der Waals surface area (Å²) >= 11 is 8.80. The molecule has 0 amide bonds. The van der Waals surface area contributed by atoms with Gasteiger partial charge in [0.15, 0.2) is 0 Å². The highest BCUT2D eigenvalue weighted by Crippen LogP contribution is 2.28. The maximum Gasteiger partial charge on any atom is 0.285 e. The molecule has 0 spiro atoms. The van der Waals surface area contributed by atoms with E-state index >= 15 is 0 Å². The molecule has 0 aliphatic rings. The Morgan fingerprint density at radius 3 is 2.70 bits per heavy atom. The summed E-state index contributed by atoms with van der Waals surface area (Å²) in [6.07, 6.45) is 0. The average Bonchev–Trinajstić information content (AvgIpc) is 2.41. The van der Waals surface area contributed by atoms with Crippen molar-refractivity contribution in [1.29, 1.82) is 0 Å². The lowest BCUT2D eigenvalue weighted by atomic mass is 10.2. The number of benzene rings is 2. The first-order valence-corrected chi connectivity index (χ1v) is 6.76. The second-order valence-electron chi connectivity index (χ2n) is 4.03. The van der Waals surface area contributed by atoms with E-state index in [1.807, 2.05) is 0 Å². The highest BCUT2D eigenvalue weighted by atomic mass is 79.9. The molecule has 0 saturated carbocycles. The van der Waals surface area contributed by atoms with Gasteiger partial charge in [-0.1, -0.05) is 17.7 Å². The van der Waals surface area contributed by atoms with E-state index in [9.17, 15) is 14.5 Å². The predicted molar refractivity (Wildman–Crippen MR) is 79.5 cm³/mol. The van der Waals surface area contributed by atoms with Crippen molar-refractivity contribution in [2.24, 2.45) is 0 Å². The molecule has 0 aromatic heterocycles. The van der Waals surface area contributed by atoms with Gasteiger partial charge in [-0.25, -0.2) is 4.39 Å². The lowest BCUT2D eigenvalue weighted by Gasteiger charge is -2.07. The Morgan fingerprint density at radius 1 is 1.30 bits per heavy atom. The minimum atomic E-state index is -0.477. The van der Waals surface area contributed by atoms with Gasteiger partial charge in [0.2, 0.25) is 0 Å². The van der Waals surface area contributed by atoms with Crippen LogP contribution < -0.4 is 5.32 Å². The SMILES string of the molecule is O=[N+]([O-])c1cc(NCc2ccc(F)c(Cl)c2)ccc1Br. The molecule has 0 aliphatic heterocycles. The topological polar surface area (TPSA) is 55.2 Å². The third-order valence-electron chi connectivity index (χ3n) is 2.62. The molecule has 4 nitrogen and oxygen atoms in total. The maximum absolute atomic E-state index is 13.0. The van der Waals surface area contributed by atoms with Crippen molar-refractivity contribution in [2.75, 3.05) is 5.32 Å². The van der Waals surface area contributed by atoms with Gasteiger partial charge >= 0.3 is 0 Å². The Morgan fingerprint density at radius 2 is 2.05 bits per heavy atom. The van der Waals surface area contributed by atoms with Crippen molar-refractivity contribution in [3.8, 4) is 0 Å². The zero-order valence-corrected chi connectivity index (χ0v) is 12.4. The molecule has 0 atom stereocenters. The number of halogens is 3. The van der Waals surface area contributed by atoms with Gasteiger partial charge in [0.1, 0.15) is 5.82 Å². The van der Waals surface area contributed by atoms with Crippen molar-refractivity contribution in [3.63, 3.8) is 0 Å². The van der Waals surface area contributed by atoms with E-state index in [1.165, 1.54) is 18.2 Å². The largest absolute Gasteiger partial charge is 0.381 e. The second-order valence-corrected chi connectivity index (χ2v) is 5.29. The van der Waals surface area contributed by atoms with Crippen LogP contribution in [0.25, 0.3) is 0 Å². The number of nitrogens with one attached hydrogen (secondary N) is 1. The summed E-state index contributed by atoms with van der Waals surface area (Å²) in [5.41, 5.74) is 1.36. The Bertz CT molecular complexity index is 667. The van der Waals surface area contributed by atoms with E-state index in [4.69, 9.17) is 11.6 Å². The first kappa shape index (κ1) is 14.7. The number of nitro benzene ring substituents is 1. The normalized spacial score (nSPS) is 10.3. The monoisotopic (exact) mass is 358 g/mol. The number of nitro groups is 1. The first-order valence-electron chi connectivity index (χ1n) is 5.59. The van der Waals surface area contributed by atoms with Crippen molar-refractivity contribution in [2.45, 2.75) is 6.54 Å². The van der Waals surface area contributed by atoms with Crippen LogP contribution in [-0.4, -0.2) is 4.92 Å². The van der Waals surface area contributed by atoms with Crippen LogP contribution in [0.1, 0.15) is 5.56 Å². The number of hydrogen-bond acceptors (Lipinski definition) is 3. The molecule has 1 N–H and O–H groups in total. The van der Waals surface area contributed by atoms with Crippen molar-refractivity contribution >= 4 is 38.9 Å². The van der Waals surface area contributed by atoms with E-state index in [1.54, 1.807) is 18.2 Å². The van der Waals surface area contributed by atoms with Gasteiger partial charge in [-0.2, -0.15) is 0 Å².